The average Bonchev–Trinajstić information content (AvgIpc) is 3.25. The van der Waals surface area contributed by atoms with Gasteiger partial charge in [0.1, 0.15) is 5.69 Å². The third-order valence-corrected chi connectivity index (χ3v) is 6.81. The maximum Gasteiger partial charge on any atom is 0.460 e. The number of hydrogen-bond donors (Lipinski definition) is 1. The van der Waals surface area contributed by atoms with Crippen molar-refractivity contribution in [2.45, 2.75) is 49.6 Å². The van der Waals surface area contributed by atoms with Crippen LogP contribution in [-0.2, 0) is 19.1 Å². The zero-order valence-corrected chi connectivity index (χ0v) is 20.3. The van der Waals surface area contributed by atoms with Crippen LogP contribution in [0.1, 0.15) is 32.0 Å². The van der Waals surface area contributed by atoms with Gasteiger partial charge in [0.25, 0.3) is 0 Å². The molecule has 0 fully saturated rings. The maximum absolute atomic E-state index is 14.3. The summed E-state index contributed by atoms with van der Waals surface area (Å²) in [6.45, 7) is -2.01. The lowest BCUT2D eigenvalue weighted by Crippen LogP contribution is -2.63. The lowest BCUT2D eigenvalue weighted by molar-refractivity contribution is -0.382. The number of allylic oxidation sites excluding steroid dienone is 1. The standard InChI is InChI=1S/C20H15F11N4O4S/c1-9-3-2-4-13(39-40(37,38)20(30,31)18(25,26)17(23,24)19(27,28)29)11-7-10(5-6-32-11)14-12(34-15(9)36)8-33-35(14)16(21)22/h4-9,16H,2-3H2,1H3,(H,34,36)/b13-4+. The smallest absolute Gasteiger partial charge is 0.376 e. The quantitative estimate of drug-likeness (QED) is 0.324. The number of aromatic nitrogens is 3. The molecule has 3 heterocycles. The summed E-state index contributed by atoms with van der Waals surface area (Å²) in [4.78, 5) is 16.1. The molecule has 20 heteroatoms. The molecule has 0 spiro atoms. The molecule has 3 rings (SSSR count). The van der Waals surface area contributed by atoms with E-state index < -0.39 is 75.3 Å². The largest absolute Gasteiger partial charge is 0.460 e. The van der Waals surface area contributed by atoms with Crippen LogP contribution < -0.4 is 5.32 Å². The van der Waals surface area contributed by atoms with Crippen molar-refractivity contribution >= 4 is 27.5 Å². The van der Waals surface area contributed by atoms with Crippen molar-refractivity contribution < 1.29 is 65.7 Å². The van der Waals surface area contributed by atoms with Crippen LogP contribution in [0.2, 0.25) is 0 Å². The van der Waals surface area contributed by atoms with Gasteiger partial charge in [-0.3, -0.25) is 9.78 Å². The summed E-state index contributed by atoms with van der Waals surface area (Å²) in [5, 5.41) is -1.38. The molecular formula is C20H15F11N4O4S. The molecule has 0 saturated carbocycles. The summed E-state index contributed by atoms with van der Waals surface area (Å²) in [5.41, 5.74) is -1.95. The number of alkyl halides is 11. The molecule has 0 radical (unpaired) electrons. The number of carbonyl (C=O) groups is 1. The van der Waals surface area contributed by atoms with E-state index in [2.05, 4.69) is 19.6 Å². The Kier molecular flexibility index (Phi) is 7.91. The van der Waals surface area contributed by atoms with Gasteiger partial charge < -0.3 is 9.50 Å². The fourth-order valence-corrected chi connectivity index (χ4v) is 4.26. The summed E-state index contributed by atoms with van der Waals surface area (Å²) in [5.74, 6) is -18.2. The average molecular weight is 616 g/mol. The normalized spacial score (nSPS) is 19.2. The van der Waals surface area contributed by atoms with Gasteiger partial charge >= 0.3 is 39.9 Å². The number of carbonyl (C=O) groups excluding carboxylic acids is 1. The molecule has 2 aromatic heterocycles. The number of anilines is 1. The molecule has 0 aliphatic carbocycles. The van der Waals surface area contributed by atoms with Crippen LogP contribution in [0.25, 0.3) is 17.0 Å². The third kappa shape index (κ3) is 5.19. The Morgan fingerprint density at radius 2 is 1.70 bits per heavy atom. The van der Waals surface area contributed by atoms with Crippen LogP contribution in [0.3, 0.4) is 0 Å². The van der Waals surface area contributed by atoms with Crippen molar-refractivity contribution in [3.8, 4) is 11.3 Å². The molecule has 0 saturated heterocycles. The fraction of sp³-hybridized carbons (Fsp3) is 0.450. The number of halogens is 11. The minimum atomic E-state index is -7.55. The van der Waals surface area contributed by atoms with Crippen LogP contribution in [0.4, 0.5) is 54.0 Å². The highest BCUT2D eigenvalue weighted by atomic mass is 32.2. The Balaban J connectivity index is 2.16. The van der Waals surface area contributed by atoms with Gasteiger partial charge in [-0.15, -0.1) is 0 Å². The van der Waals surface area contributed by atoms with Crippen LogP contribution in [0, 0.1) is 5.92 Å². The lowest BCUT2D eigenvalue weighted by atomic mass is 10.0. The molecule has 2 aromatic rings. The molecule has 1 aliphatic heterocycles. The van der Waals surface area contributed by atoms with E-state index in [1.807, 2.05) is 0 Å². The Labute approximate surface area is 216 Å². The van der Waals surface area contributed by atoms with E-state index in [0.717, 1.165) is 18.5 Å². The number of nitrogens with zero attached hydrogens (tertiary/aromatic N) is 3. The van der Waals surface area contributed by atoms with E-state index in [4.69, 9.17) is 0 Å². The van der Waals surface area contributed by atoms with E-state index in [1.54, 1.807) is 0 Å². The fourth-order valence-electron chi connectivity index (χ4n) is 3.32. The molecule has 1 amide bonds. The van der Waals surface area contributed by atoms with Gasteiger partial charge in [0.05, 0.1) is 17.6 Å². The third-order valence-electron chi connectivity index (χ3n) is 5.53. The summed E-state index contributed by atoms with van der Waals surface area (Å²) in [7, 11) is -7.34. The van der Waals surface area contributed by atoms with Gasteiger partial charge in [0.15, 0.2) is 5.76 Å². The highest BCUT2D eigenvalue weighted by Gasteiger charge is 2.86. The van der Waals surface area contributed by atoms with Crippen molar-refractivity contribution in [1.29, 1.82) is 0 Å². The molecule has 8 nitrogen and oxygen atoms in total. The zero-order chi connectivity index (χ0) is 30.5. The molecular weight excluding hydrogens is 601 g/mol. The van der Waals surface area contributed by atoms with E-state index in [9.17, 15) is 61.5 Å². The first-order valence-electron chi connectivity index (χ1n) is 10.6. The van der Waals surface area contributed by atoms with Crippen molar-refractivity contribution in [2.24, 2.45) is 5.92 Å². The van der Waals surface area contributed by atoms with E-state index >= 15 is 0 Å². The summed E-state index contributed by atoms with van der Waals surface area (Å²) in [6.07, 6.45) is -5.75. The highest BCUT2D eigenvalue weighted by molar-refractivity contribution is 7.88. The Morgan fingerprint density at radius 3 is 2.27 bits per heavy atom. The molecule has 222 valence electrons. The SMILES string of the molecule is CC1CC/C=C(/OS(=O)(=O)C(F)(F)C(F)(F)C(F)(F)C(F)(F)F)c2cc(ccn2)-c2c(cnn2C(F)F)NC1=O. The number of hydrogen-bond acceptors (Lipinski definition) is 6. The molecule has 40 heavy (non-hydrogen) atoms. The van der Waals surface area contributed by atoms with Crippen molar-refractivity contribution in [3.05, 3.63) is 36.3 Å². The number of pyridine rings is 1. The van der Waals surface area contributed by atoms with Gasteiger partial charge in [-0.2, -0.15) is 61.8 Å². The number of amides is 1. The predicted octanol–water partition coefficient (Wildman–Crippen LogP) is 5.82. The summed E-state index contributed by atoms with van der Waals surface area (Å²) in [6, 6.07) is 1.71. The van der Waals surface area contributed by atoms with Crippen LogP contribution >= 0.6 is 0 Å². The van der Waals surface area contributed by atoms with Gasteiger partial charge in [0, 0.05) is 17.7 Å². The van der Waals surface area contributed by atoms with Crippen molar-refractivity contribution in [3.63, 3.8) is 0 Å². The lowest BCUT2D eigenvalue weighted by Gasteiger charge is -2.32. The topological polar surface area (TPSA) is 103 Å². The van der Waals surface area contributed by atoms with Crippen LogP contribution in [0.15, 0.2) is 30.6 Å². The Bertz CT molecular complexity index is 1420. The molecule has 1 N–H and O–H groups in total. The Morgan fingerprint density at radius 1 is 1.07 bits per heavy atom. The van der Waals surface area contributed by atoms with Gasteiger partial charge in [-0.25, -0.2) is 4.68 Å². The molecule has 2 bridgehead atoms. The Hall–Kier alpha value is -3.45. The second kappa shape index (κ2) is 10.2. The second-order valence-corrected chi connectivity index (χ2v) is 9.88. The summed E-state index contributed by atoms with van der Waals surface area (Å²) >= 11 is 0. The monoisotopic (exact) mass is 616 g/mol. The van der Waals surface area contributed by atoms with Crippen LogP contribution in [-0.4, -0.2) is 52.4 Å². The van der Waals surface area contributed by atoms with E-state index in [-0.39, 0.29) is 22.4 Å². The first kappa shape index (κ1) is 31.1. The molecule has 1 atom stereocenters. The first-order chi connectivity index (χ1) is 18.2. The molecule has 0 aromatic carbocycles. The number of nitrogens with one attached hydrogen (secondary N) is 1. The van der Waals surface area contributed by atoms with E-state index in [1.165, 1.54) is 6.92 Å². The molecule has 1 unspecified atom stereocenters. The van der Waals surface area contributed by atoms with Gasteiger partial charge in [0.2, 0.25) is 5.91 Å². The summed E-state index contributed by atoms with van der Waals surface area (Å²) < 4.78 is 175. The van der Waals surface area contributed by atoms with Crippen molar-refractivity contribution in [2.75, 3.05) is 5.32 Å². The van der Waals surface area contributed by atoms with Crippen LogP contribution in [0.5, 0.6) is 0 Å². The number of fused-ring (bicyclic) bond motifs is 4. The molecule has 1 aliphatic rings. The maximum atomic E-state index is 14.3. The predicted molar refractivity (Wildman–Crippen MR) is 113 cm³/mol. The van der Waals surface area contributed by atoms with E-state index in [0.29, 0.717) is 12.1 Å². The van der Waals surface area contributed by atoms with Crippen molar-refractivity contribution in [1.82, 2.24) is 14.8 Å². The minimum absolute atomic E-state index is 0.0973. The van der Waals surface area contributed by atoms with Gasteiger partial charge in [-0.05, 0) is 31.1 Å². The first-order valence-corrected chi connectivity index (χ1v) is 12.0. The second-order valence-electron chi connectivity index (χ2n) is 8.30. The number of rotatable bonds is 6. The highest BCUT2D eigenvalue weighted by Crippen LogP contribution is 2.55. The minimum Gasteiger partial charge on any atom is -0.376 e. The van der Waals surface area contributed by atoms with Gasteiger partial charge in [-0.1, -0.05) is 6.92 Å². The zero-order valence-electron chi connectivity index (χ0n) is 19.5.